The largest absolute Gasteiger partial charge is 0.371 e. The van der Waals surface area contributed by atoms with Crippen LogP contribution in [0.2, 0.25) is 0 Å². The van der Waals surface area contributed by atoms with Gasteiger partial charge in [0.25, 0.3) is 5.91 Å². The third-order valence-electron chi connectivity index (χ3n) is 6.45. The highest BCUT2D eigenvalue weighted by Gasteiger charge is 2.57. The minimum absolute atomic E-state index is 0.00399. The minimum atomic E-state index is -1.27. The van der Waals surface area contributed by atoms with Gasteiger partial charge in [0.1, 0.15) is 6.10 Å². The molecule has 4 atom stereocenters. The SMILES string of the molecule is CCNC(=O)[C@@]1(OCc2ccc(C#N)cc2)CC(OCc2ccc(F)c(F)c2)[C@@H]2OC(C)(C)O[C@@H]2C1. The third kappa shape index (κ3) is 5.73. The number of halogens is 2. The predicted molar refractivity (Wildman–Crippen MR) is 125 cm³/mol. The Morgan fingerprint density at radius 3 is 2.47 bits per heavy atom. The molecule has 1 aliphatic carbocycles. The molecule has 0 radical (unpaired) electrons. The van der Waals surface area contributed by atoms with Crippen molar-refractivity contribution in [1.29, 1.82) is 5.26 Å². The van der Waals surface area contributed by atoms with Crippen LogP contribution in [0.1, 0.15) is 50.3 Å². The molecule has 36 heavy (non-hydrogen) atoms. The maximum absolute atomic E-state index is 13.7. The summed E-state index contributed by atoms with van der Waals surface area (Å²) in [4.78, 5) is 13.4. The second-order valence-corrected chi connectivity index (χ2v) is 9.60. The van der Waals surface area contributed by atoms with Gasteiger partial charge in [0.15, 0.2) is 23.0 Å². The van der Waals surface area contributed by atoms with Crippen molar-refractivity contribution in [3.8, 4) is 6.07 Å². The number of nitriles is 1. The highest BCUT2D eigenvalue weighted by atomic mass is 19.2. The van der Waals surface area contributed by atoms with E-state index >= 15 is 0 Å². The Kier molecular flexibility index (Phi) is 7.71. The van der Waals surface area contributed by atoms with Gasteiger partial charge in [-0.15, -0.1) is 0 Å². The Morgan fingerprint density at radius 2 is 1.81 bits per heavy atom. The Morgan fingerprint density at radius 1 is 1.08 bits per heavy atom. The van der Waals surface area contributed by atoms with E-state index in [9.17, 15) is 13.6 Å². The number of amides is 1. The highest BCUT2D eigenvalue weighted by Crippen LogP contribution is 2.44. The number of hydrogen-bond acceptors (Lipinski definition) is 6. The Labute approximate surface area is 209 Å². The van der Waals surface area contributed by atoms with Gasteiger partial charge in [-0.3, -0.25) is 4.79 Å². The lowest BCUT2D eigenvalue weighted by Gasteiger charge is -2.43. The van der Waals surface area contributed by atoms with Crippen molar-refractivity contribution in [2.24, 2.45) is 0 Å². The first kappa shape index (κ1) is 26.2. The zero-order chi connectivity index (χ0) is 25.9. The smallest absolute Gasteiger partial charge is 0.252 e. The highest BCUT2D eigenvalue weighted by molar-refractivity contribution is 5.85. The summed E-state index contributed by atoms with van der Waals surface area (Å²) in [6, 6.07) is 12.6. The fourth-order valence-corrected chi connectivity index (χ4v) is 4.76. The first-order chi connectivity index (χ1) is 17.1. The van der Waals surface area contributed by atoms with Gasteiger partial charge < -0.3 is 24.3 Å². The molecule has 1 saturated carbocycles. The van der Waals surface area contributed by atoms with Gasteiger partial charge in [0, 0.05) is 19.4 Å². The number of rotatable bonds is 8. The maximum Gasteiger partial charge on any atom is 0.252 e. The van der Waals surface area contributed by atoms with E-state index in [0.29, 0.717) is 17.7 Å². The number of carbonyl (C=O) groups is 1. The molecule has 7 nitrogen and oxygen atoms in total. The first-order valence-corrected chi connectivity index (χ1v) is 12.0. The summed E-state index contributed by atoms with van der Waals surface area (Å²) in [5.74, 6) is -3.06. The normalized spacial score (nSPS) is 26.7. The fourth-order valence-electron chi connectivity index (χ4n) is 4.76. The molecule has 1 unspecified atom stereocenters. The van der Waals surface area contributed by atoms with Gasteiger partial charge in [-0.2, -0.15) is 5.26 Å². The number of carbonyl (C=O) groups excluding carboxylic acids is 1. The molecule has 1 N–H and O–H groups in total. The van der Waals surface area contributed by atoms with E-state index in [0.717, 1.165) is 17.7 Å². The summed E-state index contributed by atoms with van der Waals surface area (Å²) in [7, 11) is 0. The molecule has 2 aliphatic rings. The van der Waals surface area contributed by atoms with Crippen molar-refractivity contribution in [3.63, 3.8) is 0 Å². The number of benzene rings is 2. The van der Waals surface area contributed by atoms with Crippen molar-refractivity contribution in [2.45, 2.75) is 76.5 Å². The molecule has 2 aromatic rings. The fraction of sp³-hybridized carbons (Fsp3) is 0.481. The molecule has 2 fully saturated rings. The van der Waals surface area contributed by atoms with Crippen LogP contribution < -0.4 is 5.32 Å². The maximum atomic E-state index is 13.7. The van der Waals surface area contributed by atoms with E-state index in [1.807, 2.05) is 6.92 Å². The number of nitrogens with one attached hydrogen (secondary N) is 1. The van der Waals surface area contributed by atoms with Crippen molar-refractivity contribution in [2.75, 3.05) is 6.54 Å². The molecule has 2 aromatic carbocycles. The van der Waals surface area contributed by atoms with Crippen LogP contribution in [0.4, 0.5) is 8.78 Å². The molecule has 1 amide bonds. The van der Waals surface area contributed by atoms with E-state index < -0.39 is 41.3 Å². The van der Waals surface area contributed by atoms with Gasteiger partial charge in [-0.05, 0) is 56.2 Å². The monoisotopic (exact) mass is 500 g/mol. The molecule has 0 spiro atoms. The quantitative estimate of drug-likeness (QED) is 0.586. The average molecular weight is 501 g/mol. The number of likely N-dealkylation sites (N-methyl/N-ethyl adjacent to an activating group) is 1. The van der Waals surface area contributed by atoms with Crippen LogP contribution in [0.3, 0.4) is 0 Å². The van der Waals surface area contributed by atoms with Crippen LogP contribution in [0, 0.1) is 23.0 Å². The summed E-state index contributed by atoms with van der Waals surface area (Å²) in [6.07, 6.45) is -1.12. The summed E-state index contributed by atoms with van der Waals surface area (Å²) in [5, 5.41) is 11.9. The number of nitrogens with zero attached hydrogens (tertiary/aromatic N) is 1. The molecular weight excluding hydrogens is 470 g/mol. The summed E-state index contributed by atoms with van der Waals surface area (Å²) in [5.41, 5.74) is 0.523. The molecule has 192 valence electrons. The lowest BCUT2D eigenvalue weighted by molar-refractivity contribution is -0.183. The predicted octanol–water partition coefficient (Wildman–Crippen LogP) is 4.13. The standard InChI is InChI=1S/C27H30F2N2O5/c1-4-31-25(32)27(34-16-18-7-5-17(14-30)6-8-18)12-22(24-23(13-27)35-26(2,3)36-24)33-15-19-9-10-20(28)21(29)11-19/h5-11,22-24H,4,12-13,15-16H2,1-3H3,(H,31,32)/t22?,23-,24+,27-/m1/s1. The van der Waals surface area contributed by atoms with Crippen LogP contribution >= 0.6 is 0 Å². The zero-order valence-electron chi connectivity index (χ0n) is 20.6. The Hall–Kier alpha value is -2.90. The first-order valence-electron chi connectivity index (χ1n) is 12.0. The Balaban J connectivity index is 1.58. The van der Waals surface area contributed by atoms with Crippen molar-refractivity contribution >= 4 is 5.91 Å². The van der Waals surface area contributed by atoms with Crippen LogP contribution in [-0.2, 0) is 37.0 Å². The molecule has 0 bridgehead atoms. The van der Waals surface area contributed by atoms with Crippen LogP contribution in [0.15, 0.2) is 42.5 Å². The molecular formula is C27H30F2N2O5. The van der Waals surface area contributed by atoms with Crippen LogP contribution in [-0.4, -0.2) is 42.2 Å². The van der Waals surface area contributed by atoms with E-state index in [4.69, 9.17) is 24.2 Å². The molecule has 1 heterocycles. The summed E-state index contributed by atoms with van der Waals surface area (Å²) < 4.78 is 51.8. The molecule has 4 rings (SSSR count). The Bertz CT molecular complexity index is 1130. The van der Waals surface area contributed by atoms with Crippen LogP contribution in [0.25, 0.3) is 0 Å². The van der Waals surface area contributed by atoms with Crippen molar-refractivity contribution in [1.82, 2.24) is 5.32 Å². The third-order valence-corrected chi connectivity index (χ3v) is 6.45. The minimum Gasteiger partial charge on any atom is -0.371 e. The van der Waals surface area contributed by atoms with Crippen LogP contribution in [0.5, 0.6) is 0 Å². The van der Waals surface area contributed by atoms with Gasteiger partial charge >= 0.3 is 0 Å². The lowest BCUT2D eigenvalue weighted by atomic mass is 9.78. The number of ether oxygens (including phenoxy) is 4. The second-order valence-electron chi connectivity index (χ2n) is 9.60. The van der Waals surface area contributed by atoms with E-state index in [2.05, 4.69) is 11.4 Å². The molecule has 9 heteroatoms. The topological polar surface area (TPSA) is 89.8 Å². The van der Waals surface area contributed by atoms with E-state index in [1.165, 1.54) is 6.07 Å². The summed E-state index contributed by atoms with van der Waals surface area (Å²) in [6.45, 7) is 5.97. The molecule has 1 aliphatic heterocycles. The molecule has 1 saturated heterocycles. The number of hydrogen-bond donors (Lipinski definition) is 1. The molecule has 0 aromatic heterocycles. The van der Waals surface area contributed by atoms with Gasteiger partial charge in [-0.1, -0.05) is 18.2 Å². The van der Waals surface area contributed by atoms with E-state index in [1.54, 1.807) is 38.1 Å². The van der Waals surface area contributed by atoms with Crippen molar-refractivity contribution < 1.29 is 32.5 Å². The summed E-state index contributed by atoms with van der Waals surface area (Å²) >= 11 is 0. The van der Waals surface area contributed by atoms with Crippen molar-refractivity contribution in [3.05, 3.63) is 70.8 Å². The second kappa shape index (κ2) is 10.6. The average Bonchev–Trinajstić information content (AvgIpc) is 3.17. The lowest BCUT2D eigenvalue weighted by Crippen LogP contribution is -2.60. The van der Waals surface area contributed by atoms with Gasteiger partial charge in [0.05, 0.1) is 37.1 Å². The van der Waals surface area contributed by atoms with Gasteiger partial charge in [-0.25, -0.2) is 8.78 Å². The zero-order valence-corrected chi connectivity index (χ0v) is 20.6. The van der Waals surface area contributed by atoms with E-state index in [-0.39, 0.29) is 32.0 Å². The number of fused-ring (bicyclic) bond motifs is 1. The van der Waals surface area contributed by atoms with Gasteiger partial charge in [0.2, 0.25) is 0 Å².